The lowest BCUT2D eigenvalue weighted by Gasteiger charge is -2.19. The van der Waals surface area contributed by atoms with Gasteiger partial charge in [-0.25, -0.2) is 0 Å². The molecule has 4 radical (unpaired) electrons. The fourth-order valence-electron chi connectivity index (χ4n) is 1.81. The van der Waals surface area contributed by atoms with E-state index in [1.165, 1.54) is 5.56 Å². The second kappa shape index (κ2) is 5.96. The fraction of sp³-hybridized carbons (Fsp3) is 0.769. The van der Waals surface area contributed by atoms with Gasteiger partial charge in [-0.05, 0) is 23.7 Å². The molecule has 0 fully saturated rings. The predicted octanol–water partition coefficient (Wildman–Crippen LogP) is 1.94. The van der Waals surface area contributed by atoms with Crippen LogP contribution in [0.3, 0.4) is 0 Å². The van der Waals surface area contributed by atoms with Crippen LogP contribution in [-0.4, -0.2) is 38.1 Å². The third-order valence-corrected chi connectivity index (χ3v) is 2.72. The quantitative estimate of drug-likeness (QED) is 0.715. The summed E-state index contributed by atoms with van der Waals surface area (Å²) in [5, 5.41) is 4.15. The summed E-state index contributed by atoms with van der Waals surface area (Å²) >= 11 is 0. The minimum atomic E-state index is -0.424. The molecule has 1 aromatic heterocycles. The van der Waals surface area contributed by atoms with Gasteiger partial charge >= 0.3 is 0 Å². The van der Waals surface area contributed by atoms with E-state index < -0.39 is 5.31 Å². The standard InChI is InChI=1S/C13H22B2N2O/c1-9(2)11-8-17(6-7-18-10(3)14)16-12(11)13(4,5)15/h8-10H,6-7H2,1-5H3. The van der Waals surface area contributed by atoms with Gasteiger partial charge in [0.15, 0.2) is 0 Å². The molecular weight excluding hydrogens is 222 g/mol. The lowest BCUT2D eigenvalue weighted by Crippen LogP contribution is -2.20. The van der Waals surface area contributed by atoms with Crippen molar-refractivity contribution in [2.45, 2.75) is 58.4 Å². The van der Waals surface area contributed by atoms with Crippen molar-refractivity contribution in [1.29, 1.82) is 0 Å². The Morgan fingerprint density at radius 3 is 2.39 bits per heavy atom. The molecule has 1 heterocycles. The fourth-order valence-corrected chi connectivity index (χ4v) is 1.81. The molecule has 0 saturated heterocycles. The maximum absolute atomic E-state index is 6.16. The molecule has 0 saturated carbocycles. The SMILES string of the molecule is [B]C(C)OCCn1cc(C(C)C)c(C([B])(C)C)n1. The van der Waals surface area contributed by atoms with E-state index in [9.17, 15) is 0 Å². The van der Waals surface area contributed by atoms with Crippen LogP contribution in [0, 0.1) is 0 Å². The van der Waals surface area contributed by atoms with Crippen LogP contribution in [-0.2, 0) is 16.6 Å². The molecule has 0 aliphatic carbocycles. The molecular formula is C13H22B2N2O. The minimum absolute atomic E-state index is 0.240. The van der Waals surface area contributed by atoms with Crippen LogP contribution in [0.1, 0.15) is 51.8 Å². The van der Waals surface area contributed by atoms with Crippen LogP contribution in [0.4, 0.5) is 0 Å². The number of ether oxygens (including phenoxy) is 1. The zero-order valence-corrected chi connectivity index (χ0v) is 12.1. The minimum Gasteiger partial charge on any atom is -0.386 e. The summed E-state index contributed by atoms with van der Waals surface area (Å²) < 4.78 is 7.22. The van der Waals surface area contributed by atoms with Crippen molar-refractivity contribution >= 4 is 15.7 Å². The molecule has 96 valence electrons. The molecule has 1 unspecified atom stereocenters. The van der Waals surface area contributed by atoms with Crippen molar-refractivity contribution < 1.29 is 4.74 Å². The first-order valence-corrected chi connectivity index (χ1v) is 6.45. The molecule has 1 atom stereocenters. The molecule has 5 heteroatoms. The number of hydrogen-bond acceptors (Lipinski definition) is 2. The molecule has 18 heavy (non-hydrogen) atoms. The van der Waals surface area contributed by atoms with E-state index in [1.807, 2.05) is 25.5 Å². The van der Waals surface area contributed by atoms with Crippen LogP contribution in [0.5, 0.6) is 0 Å². The van der Waals surface area contributed by atoms with Crippen LogP contribution in [0.2, 0.25) is 0 Å². The Balaban J connectivity index is 2.83. The van der Waals surface area contributed by atoms with Gasteiger partial charge in [0.25, 0.3) is 0 Å². The van der Waals surface area contributed by atoms with Gasteiger partial charge in [0.1, 0.15) is 7.85 Å². The van der Waals surface area contributed by atoms with E-state index in [0.717, 1.165) is 5.69 Å². The summed E-state index contributed by atoms with van der Waals surface area (Å²) in [6.45, 7) is 11.3. The first-order chi connectivity index (χ1) is 8.21. The van der Waals surface area contributed by atoms with Crippen molar-refractivity contribution in [1.82, 2.24) is 9.78 Å². The summed E-state index contributed by atoms with van der Waals surface area (Å²) in [6.07, 6.45) is 2.05. The van der Waals surface area contributed by atoms with E-state index >= 15 is 0 Å². The first kappa shape index (κ1) is 15.4. The summed E-state index contributed by atoms with van der Waals surface area (Å²) in [5.74, 6) is 0.408. The van der Waals surface area contributed by atoms with Gasteiger partial charge in [-0.15, -0.1) is 0 Å². The normalized spacial score (nSPS) is 14.1. The third-order valence-electron chi connectivity index (χ3n) is 2.72. The molecule has 0 aliphatic rings. The van der Waals surface area contributed by atoms with Crippen molar-refractivity contribution in [3.8, 4) is 0 Å². The topological polar surface area (TPSA) is 27.1 Å². The Hall–Kier alpha value is -0.700. The lowest BCUT2D eigenvalue weighted by molar-refractivity contribution is 0.109. The van der Waals surface area contributed by atoms with Crippen molar-refractivity contribution in [2.24, 2.45) is 0 Å². The Kier molecular flexibility index (Phi) is 5.09. The Morgan fingerprint density at radius 1 is 1.39 bits per heavy atom. The summed E-state index contributed by atoms with van der Waals surface area (Å²) in [6, 6.07) is -0.240. The van der Waals surface area contributed by atoms with Crippen molar-refractivity contribution in [3.05, 3.63) is 17.5 Å². The molecule has 0 N–H and O–H groups in total. The summed E-state index contributed by atoms with van der Waals surface area (Å²) in [7, 11) is 11.7. The molecule has 1 aromatic rings. The molecule has 0 aromatic carbocycles. The Labute approximate surface area is 113 Å². The molecule has 0 aliphatic heterocycles. The zero-order chi connectivity index (χ0) is 13.9. The molecule has 1 rings (SSSR count). The highest BCUT2D eigenvalue weighted by atomic mass is 16.5. The smallest absolute Gasteiger partial charge is 0.108 e. The summed E-state index contributed by atoms with van der Waals surface area (Å²) in [4.78, 5) is 0. The highest BCUT2D eigenvalue weighted by Crippen LogP contribution is 2.27. The van der Waals surface area contributed by atoms with E-state index in [1.54, 1.807) is 0 Å². The average molecular weight is 244 g/mol. The maximum atomic E-state index is 6.16. The Bertz CT molecular complexity index is 381. The van der Waals surface area contributed by atoms with Crippen molar-refractivity contribution in [2.75, 3.05) is 6.61 Å². The number of nitrogens with zero attached hydrogens (tertiary/aromatic N) is 2. The molecule has 0 spiro atoms. The van der Waals surface area contributed by atoms with Gasteiger partial charge in [-0.2, -0.15) is 5.10 Å². The van der Waals surface area contributed by atoms with Crippen molar-refractivity contribution in [3.63, 3.8) is 0 Å². The van der Waals surface area contributed by atoms with Gasteiger partial charge < -0.3 is 4.74 Å². The highest BCUT2D eigenvalue weighted by molar-refractivity contribution is 6.15. The van der Waals surface area contributed by atoms with Gasteiger partial charge in [0.2, 0.25) is 0 Å². The second-order valence-electron chi connectivity index (χ2n) is 5.65. The number of rotatable bonds is 6. The first-order valence-electron chi connectivity index (χ1n) is 6.45. The monoisotopic (exact) mass is 244 g/mol. The van der Waals surface area contributed by atoms with Gasteiger partial charge in [-0.1, -0.05) is 27.7 Å². The van der Waals surface area contributed by atoms with Crippen LogP contribution in [0.25, 0.3) is 0 Å². The molecule has 0 bridgehead atoms. The van der Waals surface area contributed by atoms with E-state index in [-0.39, 0.29) is 6.00 Å². The second-order valence-corrected chi connectivity index (χ2v) is 5.65. The molecule has 0 amide bonds. The van der Waals surface area contributed by atoms with Gasteiger partial charge in [0, 0.05) is 12.2 Å². The Morgan fingerprint density at radius 2 is 2.00 bits per heavy atom. The highest BCUT2D eigenvalue weighted by Gasteiger charge is 2.23. The number of aromatic nitrogens is 2. The van der Waals surface area contributed by atoms with Crippen LogP contribution < -0.4 is 0 Å². The van der Waals surface area contributed by atoms with Crippen LogP contribution >= 0.6 is 0 Å². The summed E-state index contributed by atoms with van der Waals surface area (Å²) in [5.41, 5.74) is 2.15. The zero-order valence-electron chi connectivity index (χ0n) is 12.1. The lowest BCUT2D eigenvalue weighted by atomic mass is 9.68. The van der Waals surface area contributed by atoms with Gasteiger partial charge in [-0.3, -0.25) is 4.68 Å². The third kappa shape index (κ3) is 4.20. The average Bonchev–Trinajstić information content (AvgIpc) is 2.60. The van der Waals surface area contributed by atoms with E-state index in [4.69, 9.17) is 20.4 Å². The largest absolute Gasteiger partial charge is 0.386 e. The van der Waals surface area contributed by atoms with Gasteiger partial charge in [0.05, 0.1) is 26.7 Å². The van der Waals surface area contributed by atoms with E-state index in [2.05, 4.69) is 25.1 Å². The maximum Gasteiger partial charge on any atom is 0.108 e. The molecule has 3 nitrogen and oxygen atoms in total. The van der Waals surface area contributed by atoms with Crippen LogP contribution in [0.15, 0.2) is 6.20 Å². The van der Waals surface area contributed by atoms with E-state index in [0.29, 0.717) is 19.1 Å². The predicted molar refractivity (Wildman–Crippen MR) is 76.3 cm³/mol. The number of hydrogen-bond donors (Lipinski definition) is 0.